The summed E-state index contributed by atoms with van der Waals surface area (Å²) < 4.78 is 0. The van der Waals surface area contributed by atoms with Crippen LogP contribution in [0.1, 0.15) is 24.0 Å². The predicted octanol–water partition coefficient (Wildman–Crippen LogP) is 3.68. The molecule has 0 radical (unpaired) electrons. The molecule has 1 heterocycles. The number of nitro groups is 1. The second-order valence-corrected chi connectivity index (χ2v) is 7.55. The van der Waals surface area contributed by atoms with E-state index >= 15 is 0 Å². The average molecular weight is 381 g/mol. The first-order chi connectivity index (χ1) is 13.5. The Balaban J connectivity index is 1.72. The van der Waals surface area contributed by atoms with Crippen LogP contribution in [0.25, 0.3) is 0 Å². The molecular formula is C22H27N3O3. The van der Waals surface area contributed by atoms with Gasteiger partial charge in [-0.05, 0) is 43.4 Å². The fourth-order valence-electron chi connectivity index (χ4n) is 3.82. The van der Waals surface area contributed by atoms with E-state index in [1.165, 1.54) is 5.56 Å². The average Bonchev–Trinajstić information content (AvgIpc) is 2.72. The minimum atomic E-state index is -0.300. The van der Waals surface area contributed by atoms with Crippen LogP contribution < -0.4 is 4.90 Å². The standard InChI is InChI=1S/C22H27N3O3/c1-23(2)22(26)18-12-14-24(15-13-18)20-10-11-21(25(27)28)19(16-20)9-8-17-6-4-3-5-7-17/h3-7,10-11,16,18H,8-9,12-15H2,1-2H3. The summed E-state index contributed by atoms with van der Waals surface area (Å²) in [6, 6.07) is 15.4. The molecule has 148 valence electrons. The lowest BCUT2D eigenvalue weighted by atomic mass is 9.94. The molecule has 28 heavy (non-hydrogen) atoms. The first-order valence-electron chi connectivity index (χ1n) is 9.73. The Hall–Kier alpha value is -2.89. The van der Waals surface area contributed by atoms with Gasteiger partial charge in [-0.3, -0.25) is 14.9 Å². The zero-order valence-electron chi connectivity index (χ0n) is 16.5. The van der Waals surface area contributed by atoms with E-state index in [1.807, 2.05) is 42.5 Å². The number of benzene rings is 2. The molecule has 6 nitrogen and oxygen atoms in total. The van der Waals surface area contributed by atoms with Crippen molar-refractivity contribution in [3.05, 3.63) is 69.8 Å². The minimum absolute atomic E-state index is 0.0712. The Morgan fingerprint density at radius 1 is 1.11 bits per heavy atom. The summed E-state index contributed by atoms with van der Waals surface area (Å²) in [7, 11) is 3.59. The molecule has 0 unspecified atom stereocenters. The van der Waals surface area contributed by atoms with E-state index in [1.54, 1.807) is 25.1 Å². The molecule has 3 rings (SSSR count). The van der Waals surface area contributed by atoms with Crippen LogP contribution in [0.5, 0.6) is 0 Å². The maximum absolute atomic E-state index is 12.2. The Labute approximate surface area is 165 Å². The number of piperidine rings is 1. The monoisotopic (exact) mass is 381 g/mol. The topological polar surface area (TPSA) is 66.7 Å². The molecule has 0 aliphatic carbocycles. The summed E-state index contributed by atoms with van der Waals surface area (Å²) in [6.07, 6.45) is 3.02. The van der Waals surface area contributed by atoms with Crippen molar-refractivity contribution in [2.75, 3.05) is 32.1 Å². The lowest BCUT2D eigenvalue weighted by Gasteiger charge is -2.34. The lowest BCUT2D eigenvalue weighted by Crippen LogP contribution is -2.40. The van der Waals surface area contributed by atoms with Crippen LogP contribution in [-0.4, -0.2) is 42.9 Å². The quantitative estimate of drug-likeness (QED) is 0.565. The van der Waals surface area contributed by atoms with Gasteiger partial charge in [0.05, 0.1) is 4.92 Å². The van der Waals surface area contributed by atoms with Crippen molar-refractivity contribution in [2.45, 2.75) is 25.7 Å². The van der Waals surface area contributed by atoms with Crippen LogP contribution in [0.3, 0.4) is 0 Å². The zero-order valence-corrected chi connectivity index (χ0v) is 16.5. The third-order valence-corrected chi connectivity index (χ3v) is 5.44. The molecule has 0 saturated carbocycles. The molecule has 1 saturated heterocycles. The number of hydrogen-bond donors (Lipinski definition) is 0. The highest BCUT2D eigenvalue weighted by atomic mass is 16.6. The number of nitro benzene ring substituents is 1. The fraction of sp³-hybridized carbons (Fsp3) is 0.409. The Morgan fingerprint density at radius 2 is 1.79 bits per heavy atom. The zero-order chi connectivity index (χ0) is 20.1. The van der Waals surface area contributed by atoms with Crippen LogP contribution in [-0.2, 0) is 17.6 Å². The molecule has 2 aromatic carbocycles. The van der Waals surface area contributed by atoms with Gasteiger partial charge in [0.2, 0.25) is 5.91 Å². The normalized spacial score (nSPS) is 14.7. The minimum Gasteiger partial charge on any atom is -0.371 e. The van der Waals surface area contributed by atoms with Crippen LogP contribution in [0.2, 0.25) is 0 Å². The third kappa shape index (κ3) is 4.68. The van der Waals surface area contributed by atoms with Crippen LogP contribution in [0, 0.1) is 16.0 Å². The van der Waals surface area contributed by atoms with E-state index < -0.39 is 0 Å². The Morgan fingerprint density at radius 3 is 2.39 bits per heavy atom. The molecule has 2 aromatic rings. The number of amides is 1. The van der Waals surface area contributed by atoms with E-state index in [0.717, 1.165) is 43.6 Å². The van der Waals surface area contributed by atoms with E-state index in [-0.39, 0.29) is 22.4 Å². The number of rotatable bonds is 6. The number of nitrogens with zero attached hydrogens (tertiary/aromatic N) is 3. The molecule has 0 atom stereocenters. The second kappa shape index (κ2) is 8.87. The number of hydrogen-bond acceptors (Lipinski definition) is 4. The molecular weight excluding hydrogens is 354 g/mol. The van der Waals surface area contributed by atoms with Gasteiger partial charge in [-0.25, -0.2) is 0 Å². The third-order valence-electron chi connectivity index (χ3n) is 5.44. The molecule has 6 heteroatoms. The first-order valence-corrected chi connectivity index (χ1v) is 9.73. The van der Waals surface area contributed by atoms with Crippen LogP contribution >= 0.6 is 0 Å². The van der Waals surface area contributed by atoms with Gasteiger partial charge >= 0.3 is 0 Å². The molecule has 1 amide bonds. The summed E-state index contributed by atoms with van der Waals surface area (Å²) >= 11 is 0. The highest BCUT2D eigenvalue weighted by molar-refractivity contribution is 5.78. The number of carbonyl (C=O) groups excluding carboxylic acids is 1. The summed E-state index contributed by atoms with van der Waals surface area (Å²) in [5.41, 5.74) is 3.12. The van der Waals surface area contributed by atoms with E-state index in [9.17, 15) is 14.9 Å². The van der Waals surface area contributed by atoms with Crippen molar-refractivity contribution in [1.29, 1.82) is 0 Å². The molecule has 0 N–H and O–H groups in total. The van der Waals surface area contributed by atoms with Gasteiger partial charge in [0.15, 0.2) is 0 Å². The molecule has 0 aromatic heterocycles. The summed E-state index contributed by atoms with van der Waals surface area (Å²) in [4.78, 5) is 27.2. The van der Waals surface area contributed by atoms with Gasteiger partial charge < -0.3 is 9.80 Å². The summed E-state index contributed by atoms with van der Waals surface area (Å²) in [5, 5.41) is 11.5. The van der Waals surface area contributed by atoms with Crippen LogP contribution in [0.15, 0.2) is 48.5 Å². The van der Waals surface area contributed by atoms with Gasteiger partial charge in [0, 0.05) is 50.4 Å². The highest BCUT2D eigenvalue weighted by Crippen LogP contribution is 2.29. The van der Waals surface area contributed by atoms with Crippen molar-refractivity contribution >= 4 is 17.3 Å². The van der Waals surface area contributed by atoms with Crippen molar-refractivity contribution < 1.29 is 9.72 Å². The molecule has 1 aliphatic rings. The lowest BCUT2D eigenvalue weighted by molar-refractivity contribution is -0.385. The summed E-state index contributed by atoms with van der Waals surface area (Å²) in [5.74, 6) is 0.258. The maximum atomic E-state index is 12.2. The van der Waals surface area contributed by atoms with Crippen molar-refractivity contribution in [2.24, 2.45) is 5.92 Å². The van der Waals surface area contributed by atoms with Crippen molar-refractivity contribution in [3.63, 3.8) is 0 Å². The molecule has 1 aliphatic heterocycles. The van der Waals surface area contributed by atoms with E-state index in [2.05, 4.69) is 4.90 Å². The number of anilines is 1. The Bertz CT molecular complexity index is 828. The molecule has 1 fully saturated rings. The Kier molecular flexibility index (Phi) is 6.29. The highest BCUT2D eigenvalue weighted by Gasteiger charge is 2.27. The summed E-state index contributed by atoms with van der Waals surface area (Å²) in [6.45, 7) is 1.58. The van der Waals surface area contributed by atoms with Gasteiger partial charge in [0.25, 0.3) is 5.69 Å². The predicted molar refractivity (Wildman–Crippen MR) is 111 cm³/mol. The van der Waals surface area contributed by atoms with Gasteiger partial charge in [0.1, 0.15) is 0 Å². The van der Waals surface area contributed by atoms with Crippen LogP contribution in [0.4, 0.5) is 11.4 Å². The van der Waals surface area contributed by atoms with E-state index in [0.29, 0.717) is 6.42 Å². The molecule has 0 spiro atoms. The SMILES string of the molecule is CN(C)C(=O)C1CCN(c2ccc([N+](=O)[O-])c(CCc3ccccc3)c2)CC1. The maximum Gasteiger partial charge on any atom is 0.272 e. The largest absolute Gasteiger partial charge is 0.371 e. The van der Waals surface area contributed by atoms with Gasteiger partial charge in [-0.15, -0.1) is 0 Å². The second-order valence-electron chi connectivity index (χ2n) is 7.55. The number of aryl methyl sites for hydroxylation is 2. The van der Waals surface area contributed by atoms with Crippen molar-refractivity contribution in [1.82, 2.24) is 4.90 Å². The van der Waals surface area contributed by atoms with Gasteiger partial charge in [-0.2, -0.15) is 0 Å². The fourth-order valence-corrected chi connectivity index (χ4v) is 3.82. The van der Waals surface area contributed by atoms with E-state index in [4.69, 9.17) is 0 Å². The first kappa shape index (κ1) is 19.9. The van der Waals surface area contributed by atoms with Crippen molar-refractivity contribution in [3.8, 4) is 0 Å². The number of carbonyl (C=O) groups is 1. The van der Waals surface area contributed by atoms with Gasteiger partial charge in [-0.1, -0.05) is 30.3 Å². The smallest absolute Gasteiger partial charge is 0.272 e. The molecule has 0 bridgehead atoms.